The van der Waals surface area contributed by atoms with Crippen molar-refractivity contribution < 1.29 is 9.47 Å². The third kappa shape index (κ3) is 5.63. The highest BCUT2D eigenvalue weighted by atomic mass is 16.7. The van der Waals surface area contributed by atoms with Crippen molar-refractivity contribution in [2.45, 2.75) is 126 Å². The van der Waals surface area contributed by atoms with Crippen molar-refractivity contribution in [3.05, 3.63) is 61.2 Å². The Morgan fingerprint density at radius 3 is 1.81 bits per heavy atom. The first-order valence-corrected chi connectivity index (χ1v) is 14.7. The van der Waals surface area contributed by atoms with E-state index in [1.807, 2.05) is 0 Å². The molecular formula is C35H48O2. The van der Waals surface area contributed by atoms with Crippen molar-refractivity contribution in [2.24, 2.45) is 5.92 Å². The standard InChI is InChI=1S/C35H48O2/c1-10-11-12-15-29-20-32(29)34-25(6)21(2)30(22(3)26(34)7)17-18-31-23(4)27(8)35(28(9)24(31)5)37-33-16-13-14-19-36-33/h29,32-33H,10-16,19-20H2,1-9H3. The van der Waals surface area contributed by atoms with Gasteiger partial charge in [0.25, 0.3) is 0 Å². The summed E-state index contributed by atoms with van der Waals surface area (Å²) < 4.78 is 12.2. The lowest BCUT2D eigenvalue weighted by Crippen LogP contribution is -2.26. The van der Waals surface area contributed by atoms with Gasteiger partial charge in [0, 0.05) is 17.5 Å². The third-order valence-electron chi connectivity index (χ3n) is 9.41. The Hall–Kier alpha value is -2.24. The molecule has 0 bridgehead atoms. The van der Waals surface area contributed by atoms with Crippen LogP contribution in [0.2, 0.25) is 0 Å². The van der Waals surface area contributed by atoms with E-state index in [4.69, 9.17) is 9.47 Å². The highest BCUT2D eigenvalue weighted by Gasteiger charge is 2.40. The minimum atomic E-state index is -0.130. The number of rotatable bonds is 7. The summed E-state index contributed by atoms with van der Waals surface area (Å²) in [7, 11) is 0. The van der Waals surface area contributed by atoms with Crippen LogP contribution in [0.5, 0.6) is 5.75 Å². The summed E-state index contributed by atoms with van der Waals surface area (Å²) in [4.78, 5) is 0. The van der Waals surface area contributed by atoms with Crippen LogP contribution in [0.1, 0.15) is 125 Å². The minimum Gasteiger partial charge on any atom is -0.464 e. The number of hydrogen-bond acceptors (Lipinski definition) is 2. The monoisotopic (exact) mass is 500 g/mol. The summed E-state index contributed by atoms with van der Waals surface area (Å²) in [5, 5.41) is 0. The fourth-order valence-electron chi connectivity index (χ4n) is 6.36. The van der Waals surface area contributed by atoms with Gasteiger partial charge in [-0.1, -0.05) is 38.0 Å². The molecule has 0 radical (unpaired) electrons. The first-order chi connectivity index (χ1) is 17.7. The molecule has 37 heavy (non-hydrogen) atoms. The highest BCUT2D eigenvalue weighted by Crippen LogP contribution is 2.53. The Morgan fingerprint density at radius 1 is 0.730 bits per heavy atom. The van der Waals surface area contributed by atoms with Crippen molar-refractivity contribution in [1.82, 2.24) is 0 Å². The average Bonchev–Trinajstić information content (AvgIpc) is 3.65. The van der Waals surface area contributed by atoms with Crippen LogP contribution in [0.3, 0.4) is 0 Å². The second-order valence-electron chi connectivity index (χ2n) is 11.8. The maximum absolute atomic E-state index is 6.38. The highest BCUT2D eigenvalue weighted by molar-refractivity contribution is 5.63. The van der Waals surface area contributed by atoms with Crippen LogP contribution in [0.15, 0.2) is 0 Å². The van der Waals surface area contributed by atoms with Gasteiger partial charge in [-0.15, -0.1) is 0 Å². The van der Waals surface area contributed by atoms with E-state index >= 15 is 0 Å². The molecule has 1 aliphatic carbocycles. The summed E-state index contributed by atoms with van der Waals surface area (Å²) in [6.45, 7) is 21.0. The molecule has 2 aromatic carbocycles. The molecule has 1 aliphatic heterocycles. The zero-order chi connectivity index (χ0) is 26.9. The van der Waals surface area contributed by atoms with Crippen molar-refractivity contribution in [3.8, 4) is 17.6 Å². The summed E-state index contributed by atoms with van der Waals surface area (Å²) in [5.74, 6) is 9.88. The predicted molar refractivity (Wildman–Crippen MR) is 156 cm³/mol. The SMILES string of the molecule is CCCCCC1CC1c1c(C)c(C)c(C#Cc2c(C)c(C)c(OC3CCCCO3)c(C)c2C)c(C)c1C. The van der Waals surface area contributed by atoms with Crippen molar-refractivity contribution >= 4 is 0 Å². The molecule has 2 heteroatoms. The van der Waals surface area contributed by atoms with E-state index in [0.717, 1.165) is 42.6 Å². The molecular weight excluding hydrogens is 452 g/mol. The smallest absolute Gasteiger partial charge is 0.199 e. The fraction of sp³-hybridized carbons (Fsp3) is 0.600. The van der Waals surface area contributed by atoms with Crippen molar-refractivity contribution in [2.75, 3.05) is 6.61 Å². The minimum absolute atomic E-state index is 0.130. The summed E-state index contributed by atoms with van der Waals surface area (Å²) >= 11 is 0. The molecule has 1 saturated carbocycles. The molecule has 0 aromatic heterocycles. The van der Waals surface area contributed by atoms with Crippen LogP contribution < -0.4 is 4.74 Å². The van der Waals surface area contributed by atoms with Gasteiger partial charge in [-0.25, -0.2) is 0 Å². The Bertz CT molecular complexity index is 1160. The van der Waals surface area contributed by atoms with Gasteiger partial charge in [0.05, 0.1) is 6.61 Å². The number of ether oxygens (including phenoxy) is 2. The molecule has 3 unspecified atom stereocenters. The van der Waals surface area contributed by atoms with Gasteiger partial charge in [-0.05, 0) is 143 Å². The number of unbranched alkanes of at least 4 members (excludes halogenated alkanes) is 2. The van der Waals surface area contributed by atoms with E-state index in [1.54, 1.807) is 5.56 Å². The van der Waals surface area contributed by atoms with E-state index in [2.05, 4.69) is 74.2 Å². The normalized spacial score (nSPS) is 20.9. The van der Waals surface area contributed by atoms with E-state index in [9.17, 15) is 0 Å². The van der Waals surface area contributed by atoms with Crippen LogP contribution in [0, 0.1) is 73.1 Å². The molecule has 2 nitrogen and oxygen atoms in total. The Balaban J connectivity index is 1.64. The van der Waals surface area contributed by atoms with Crippen LogP contribution in [-0.4, -0.2) is 12.9 Å². The third-order valence-corrected chi connectivity index (χ3v) is 9.41. The van der Waals surface area contributed by atoms with Gasteiger partial charge in [0.2, 0.25) is 0 Å². The Kier molecular flexibility index (Phi) is 8.75. The molecule has 4 rings (SSSR count). The lowest BCUT2D eigenvalue weighted by molar-refractivity contribution is -0.106. The quantitative estimate of drug-likeness (QED) is 0.279. The first kappa shape index (κ1) is 27.8. The van der Waals surface area contributed by atoms with Gasteiger partial charge < -0.3 is 9.47 Å². The molecule has 2 aromatic rings. The van der Waals surface area contributed by atoms with Crippen molar-refractivity contribution in [3.63, 3.8) is 0 Å². The second kappa shape index (κ2) is 11.7. The Labute approximate surface area is 226 Å². The number of benzene rings is 2. The fourth-order valence-corrected chi connectivity index (χ4v) is 6.36. The molecule has 1 saturated heterocycles. The molecule has 0 amide bonds. The van der Waals surface area contributed by atoms with E-state index < -0.39 is 0 Å². The van der Waals surface area contributed by atoms with Crippen LogP contribution >= 0.6 is 0 Å². The van der Waals surface area contributed by atoms with Gasteiger partial charge in [-0.2, -0.15) is 0 Å². The van der Waals surface area contributed by atoms with Gasteiger partial charge >= 0.3 is 0 Å². The molecule has 3 atom stereocenters. The molecule has 1 heterocycles. The summed E-state index contributed by atoms with van der Waals surface area (Å²) in [6.07, 6.45) is 9.95. The molecule has 2 aliphatic rings. The lowest BCUT2D eigenvalue weighted by atomic mass is 9.86. The zero-order valence-corrected chi connectivity index (χ0v) is 24.9. The van der Waals surface area contributed by atoms with Crippen LogP contribution in [0.4, 0.5) is 0 Å². The predicted octanol–water partition coefficient (Wildman–Crippen LogP) is 9.14. The average molecular weight is 501 g/mol. The maximum Gasteiger partial charge on any atom is 0.199 e. The van der Waals surface area contributed by atoms with E-state index in [1.165, 1.54) is 88.6 Å². The number of hydrogen-bond donors (Lipinski definition) is 0. The molecule has 2 fully saturated rings. The maximum atomic E-state index is 6.38. The van der Waals surface area contributed by atoms with Gasteiger partial charge in [0.15, 0.2) is 6.29 Å². The van der Waals surface area contributed by atoms with E-state index in [-0.39, 0.29) is 6.29 Å². The molecule has 0 spiro atoms. The van der Waals surface area contributed by atoms with Gasteiger partial charge in [0.1, 0.15) is 5.75 Å². The second-order valence-corrected chi connectivity index (χ2v) is 11.8. The first-order valence-electron chi connectivity index (χ1n) is 14.7. The van der Waals surface area contributed by atoms with Crippen LogP contribution in [0.25, 0.3) is 0 Å². The lowest BCUT2D eigenvalue weighted by Gasteiger charge is -2.27. The van der Waals surface area contributed by atoms with Crippen LogP contribution in [-0.2, 0) is 4.74 Å². The van der Waals surface area contributed by atoms with Crippen molar-refractivity contribution in [1.29, 1.82) is 0 Å². The van der Waals surface area contributed by atoms with Gasteiger partial charge in [-0.3, -0.25) is 0 Å². The summed E-state index contributed by atoms with van der Waals surface area (Å²) in [6, 6.07) is 0. The zero-order valence-electron chi connectivity index (χ0n) is 24.9. The topological polar surface area (TPSA) is 18.5 Å². The van der Waals surface area contributed by atoms with E-state index in [0.29, 0.717) is 0 Å². The Morgan fingerprint density at radius 2 is 1.30 bits per heavy atom. The largest absolute Gasteiger partial charge is 0.464 e. The summed E-state index contributed by atoms with van der Waals surface area (Å²) in [5.41, 5.74) is 14.4. The molecule has 0 N–H and O–H groups in total. The molecule has 200 valence electrons.